The minimum absolute atomic E-state index is 0.0752. The van der Waals surface area contributed by atoms with E-state index in [4.69, 9.17) is 0 Å². The molecule has 0 radical (unpaired) electrons. The third-order valence-corrected chi connectivity index (χ3v) is 2.07. The van der Waals surface area contributed by atoms with Crippen molar-refractivity contribution in [3.63, 3.8) is 0 Å². The SMILES string of the molecule is CC1NC(C=O)CCN1C. The first-order valence-corrected chi connectivity index (χ1v) is 3.65. The number of hydrogen-bond donors (Lipinski definition) is 1. The lowest BCUT2D eigenvalue weighted by atomic mass is 10.1. The van der Waals surface area contributed by atoms with Crippen LogP contribution in [0.25, 0.3) is 0 Å². The number of carbonyl (C=O) groups excluding carboxylic acids is 1. The van der Waals surface area contributed by atoms with E-state index < -0.39 is 0 Å². The molecule has 58 valence electrons. The zero-order chi connectivity index (χ0) is 7.56. The number of nitrogens with zero attached hydrogens (tertiary/aromatic N) is 1. The summed E-state index contributed by atoms with van der Waals surface area (Å²) in [7, 11) is 2.05. The summed E-state index contributed by atoms with van der Waals surface area (Å²) in [5, 5.41) is 3.17. The van der Waals surface area contributed by atoms with Crippen LogP contribution in [0.15, 0.2) is 0 Å². The van der Waals surface area contributed by atoms with E-state index in [-0.39, 0.29) is 6.04 Å². The van der Waals surface area contributed by atoms with Crippen molar-refractivity contribution in [2.24, 2.45) is 0 Å². The second kappa shape index (κ2) is 3.12. The molecule has 1 saturated heterocycles. The predicted molar refractivity (Wildman–Crippen MR) is 39.7 cm³/mol. The Hall–Kier alpha value is -0.410. The average molecular weight is 142 g/mol. The lowest BCUT2D eigenvalue weighted by molar-refractivity contribution is -0.111. The van der Waals surface area contributed by atoms with E-state index in [1.165, 1.54) is 0 Å². The maximum Gasteiger partial charge on any atom is 0.136 e. The van der Waals surface area contributed by atoms with Crippen LogP contribution in [0.4, 0.5) is 0 Å². The van der Waals surface area contributed by atoms with Crippen molar-refractivity contribution >= 4 is 6.29 Å². The van der Waals surface area contributed by atoms with Crippen molar-refractivity contribution in [3.05, 3.63) is 0 Å². The molecule has 0 saturated carbocycles. The monoisotopic (exact) mass is 142 g/mol. The highest BCUT2D eigenvalue weighted by Crippen LogP contribution is 2.04. The van der Waals surface area contributed by atoms with E-state index in [9.17, 15) is 4.79 Å². The Morgan fingerprint density at radius 3 is 2.90 bits per heavy atom. The van der Waals surface area contributed by atoms with Gasteiger partial charge >= 0.3 is 0 Å². The molecule has 3 nitrogen and oxygen atoms in total. The van der Waals surface area contributed by atoms with Crippen LogP contribution in [0.2, 0.25) is 0 Å². The van der Waals surface area contributed by atoms with Gasteiger partial charge in [0.1, 0.15) is 6.29 Å². The van der Waals surface area contributed by atoms with Gasteiger partial charge in [0, 0.05) is 6.54 Å². The molecule has 2 atom stereocenters. The molecule has 1 aliphatic heterocycles. The van der Waals surface area contributed by atoms with Gasteiger partial charge in [0.2, 0.25) is 0 Å². The molecular weight excluding hydrogens is 128 g/mol. The largest absolute Gasteiger partial charge is 0.302 e. The fourth-order valence-corrected chi connectivity index (χ4v) is 1.16. The predicted octanol–water partition coefficient (Wildman–Crippen LogP) is -0.175. The Morgan fingerprint density at radius 2 is 2.40 bits per heavy atom. The molecule has 3 heteroatoms. The summed E-state index contributed by atoms with van der Waals surface area (Å²) in [6.45, 7) is 3.08. The molecule has 2 unspecified atom stereocenters. The van der Waals surface area contributed by atoms with Crippen LogP contribution in [-0.4, -0.2) is 37.0 Å². The molecule has 1 rings (SSSR count). The maximum absolute atomic E-state index is 10.3. The van der Waals surface area contributed by atoms with Crippen LogP contribution >= 0.6 is 0 Å². The molecule has 0 aliphatic carbocycles. The number of nitrogens with one attached hydrogen (secondary N) is 1. The Labute approximate surface area is 61.4 Å². The van der Waals surface area contributed by atoms with Crippen molar-refractivity contribution in [2.75, 3.05) is 13.6 Å². The normalized spacial score (nSPS) is 35.8. The maximum atomic E-state index is 10.3. The Morgan fingerprint density at radius 1 is 1.70 bits per heavy atom. The Balaban J connectivity index is 2.40. The van der Waals surface area contributed by atoms with Gasteiger partial charge in [-0.15, -0.1) is 0 Å². The van der Waals surface area contributed by atoms with Gasteiger partial charge in [-0.1, -0.05) is 0 Å². The van der Waals surface area contributed by atoms with Crippen LogP contribution in [0.5, 0.6) is 0 Å². The van der Waals surface area contributed by atoms with Crippen molar-refractivity contribution in [2.45, 2.75) is 25.6 Å². The van der Waals surface area contributed by atoms with Crippen molar-refractivity contribution in [1.29, 1.82) is 0 Å². The lowest BCUT2D eigenvalue weighted by Gasteiger charge is -2.33. The van der Waals surface area contributed by atoms with E-state index in [0.717, 1.165) is 19.3 Å². The van der Waals surface area contributed by atoms with E-state index in [2.05, 4.69) is 24.2 Å². The molecule has 1 heterocycles. The number of carbonyl (C=O) groups is 1. The number of hydrogen-bond acceptors (Lipinski definition) is 3. The molecule has 0 aromatic rings. The first-order valence-electron chi connectivity index (χ1n) is 3.65. The third kappa shape index (κ3) is 1.55. The zero-order valence-electron chi connectivity index (χ0n) is 6.50. The summed E-state index contributed by atoms with van der Waals surface area (Å²) in [6, 6.07) is 0.0752. The van der Waals surface area contributed by atoms with Crippen LogP contribution in [0.3, 0.4) is 0 Å². The molecule has 0 amide bonds. The Kier molecular flexibility index (Phi) is 2.40. The topological polar surface area (TPSA) is 32.3 Å². The first kappa shape index (κ1) is 7.69. The highest BCUT2D eigenvalue weighted by Gasteiger charge is 2.20. The molecule has 0 spiro atoms. The molecule has 0 aromatic heterocycles. The second-order valence-electron chi connectivity index (χ2n) is 2.85. The summed E-state index contributed by atoms with van der Waals surface area (Å²) in [4.78, 5) is 12.5. The summed E-state index contributed by atoms with van der Waals surface area (Å²) < 4.78 is 0. The molecule has 1 N–H and O–H groups in total. The van der Waals surface area contributed by atoms with Crippen molar-refractivity contribution in [3.8, 4) is 0 Å². The first-order chi connectivity index (χ1) is 4.74. The van der Waals surface area contributed by atoms with Gasteiger partial charge in [0.15, 0.2) is 0 Å². The molecule has 10 heavy (non-hydrogen) atoms. The zero-order valence-corrected chi connectivity index (χ0v) is 6.50. The number of aldehydes is 1. The van der Waals surface area contributed by atoms with Gasteiger partial charge < -0.3 is 4.79 Å². The van der Waals surface area contributed by atoms with Gasteiger partial charge in [-0.2, -0.15) is 0 Å². The van der Waals surface area contributed by atoms with Gasteiger partial charge in [-0.05, 0) is 20.4 Å². The minimum Gasteiger partial charge on any atom is -0.302 e. The van der Waals surface area contributed by atoms with E-state index in [0.29, 0.717) is 6.17 Å². The fourth-order valence-electron chi connectivity index (χ4n) is 1.16. The summed E-state index contributed by atoms with van der Waals surface area (Å²) >= 11 is 0. The van der Waals surface area contributed by atoms with E-state index >= 15 is 0 Å². The minimum atomic E-state index is 0.0752. The smallest absolute Gasteiger partial charge is 0.136 e. The summed E-state index contributed by atoms with van der Waals surface area (Å²) in [5.41, 5.74) is 0. The van der Waals surface area contributed by atoms with E-state index in [1.807, 2.05) is 0 Å². The molecular formula is C7H14N2O. The second-order valence-corrected chi connectivity index (χ2v) is 2.85. The lowest BCUT2D eigenvalue weighted by Crippen LogP contribution is -2.53. The highest BCUT2D eigenvalue weighted by atomic mass is 16.1. The summed E-state index contributed by atoms with van der Waals surface area (Å²) in [5.74, 6) is 0. The van der Waals surface area contributed by atoms with Crippen LogP contribution in [-0.2, 0) is 4.79 Å². The third-order valence-electron chi connectivity index (χ3n) is 2.07. The summed E-state index contributed by atoms with van der Waals surface area (Å²) in [6.07, 6.45) is 2.26. The molecule has 1 aliphatic rings. The highest BCUT2D eigenvalue weighted by molar-refractivity contribution is 5.57. The fraction of sp³-hybridized carbons (Fsp3) is 0.857. The van der Waals surface area contributed by atoms with Crippen LogP contribution in [0.1, 0.15) is 13.3 Å². The number of rotatable bonds is 1. The van der Waals surface area contributed by atoms with Gasteiger partial charge in [-0.3, -0.25) is 10.2 Å². The average Bonchev–Trinajstić information content (AvgIpc) is 1.95. The van der Waals surface area contributed by atoms with Crippen LogP contribution < -0.4 is 5.32 Å². The van der Waals surface area contributed by atoms with E-state index in [1.54, 1.807) is 0 Å². The van der Waals surface area contributed by atoms with Gasteiger partial charge in [-0.25, -0.2) is 0 Å². The molecule has 0 aromatic carbocycles. The Bertz CT molecular complexity index is 127. The molecule has 1 fully saturated rings. The quantitative estimate of drug-likeness (QED) is 0.516. The standard InChI is InChI=1S/C7H14N2O/c1-6-8-7(5-10)3-4-9(6)2/h5-8H,3-4H2,1-2H3. The van der Waals surface area contributed by atoms with Gasteiger partial charge in [0.25, 0.3) is 0 Å². The van der Waals surface area contributed by atoms with Crippen LogP contribution in [0, 0.1) is 0 Å². The van der Waals surface area contributed by atoms with Crippen molar-refractivity contribution in [1.82, 2.24) is 10.2 Å². The molecule has 0 bridgehead atoms. The van der Waals surface area contributed by atoms with Gasteiger partial charge in [0.05, 0.1) is 12.2 Å². The van der Waals surface area contributed by atoms with Crippen molar-refractivity contribution < 1.29 is 4.79 Å².